The molecule has 1 atom stereocenters. The van der Waals surface area contributed by atoms with Crippen LogP contribution in [-0.4, -0.2) is 55.5 Å². The van der Waals surface area contributed by atoms with Gasteiger partial charge in [-0.3, -0.25) is 4.79 Å². The van der Waals surface area contributed by atoms with Crippen molar-refractivity contribution in [1.29, 1.82) is 0 Å². The lowest BCUT2D eigenvalue weighted by molar-refractivity contribution is -0.872. The fraction of sp³-hybridized carbons (Fsp3) is 0.750. The van der Waals surface area contributed by atoms with Crippen molar-refractivity contribution in [3.05, 3.63) is 0 Å². The fourth-order valence-corrected chi connectivity index (χ4v) is 0.799. The SMILES string of the molecule is CC(=O)N=CC(O)C[N+](C)(C)C. The first kappa shape index (κ1) is 11.3. The number of likely N-dealkylation sites (N-methyl/N-ethyl adjacent to an activating group) is 1. The van der Waals surface area contributed by atoms with Crippen molar-refractivity contribution in [3.63, 3.8) is 0 Å². The van der Waals surface area contributed by atoms with Gasteiger partial charge in [-0.1, -0.05) is 0 Å². The van der Waals surface area contributed by atoms with Crippen molar-refractivity contribution in [3.8, 4) is 0 Å². The quantitative estimate of drug-likeness (QED) is 0.469. The summed E-state index contributed by atoms with van der Waals surface area (Å²) in [5, 5.41) is 9.32. The number of carbonyl (C=O) groups excluding carboxylic acids is 1. The van der Waals surface area contributed by atoms with Crippen molar-refractivity contribution in [2.45, 2.75) is 13.0 Å². The minimum atomic E-state index is -0.645. The zero-order chi connectivity index (χ0) is 9.78. The Morgan fingerprint density at radius 2 is 2.08 bits per heavy atom. The Bertz CT molecular complexity index is 182. The molecule has 0 saturated heterocycles. The number of amides is 1. The summed E-state index contributed by atoms with van der Waals surface area (Å²) in [5.74, 6) is -0.282. The lowest BCUT2D eigenvalue weighted by Gasteiger charge is -2.25. The van der Waals surface area contributed by atoms with Crippen molar-refractivity contribution >= 4 is 12.1 Å². The van der Waals surface area contributed by atoms with E-state index in [0.29, 0.717) is 11.0 Å². The lowest BCUT2D eigenvalue weighted by Crippen LogP contribution is -2.41. The smallest absolute Gasteiger partial charge is 0.242 e. The van der Waals surface area contributed by atoms with Crippen LogP contribution in [0.25, 0.3) is 0 Å². The first-order valence-electron chi connectivity index (χ1n) is 3.84. The number of carbonyl (C=O) groups is 1. The molecular formula is C8H17N2O2+. The van der Waals surface area contributed by atoms with Crippen LogP contribution in [-0.2, 0) is 4.79 Å². The molecule has 1 amide bonds. The van der Waals surface area contributed by atoms with Gasteiger partial charge in [-0.05, 0) is 0 Å². The van der Waals surface area contributed by atoms with Crippen LogP contribution in [0.4, 0.5) is 0 Å². The molecule has 0 aromatic carbocycles. The van der Waals surface area contributed by atoms with Gasteiger partial charge in [0.25, 0.3) is 0 Å². The lowest BCUT2D eigenvalue weighted by atomic mass is 10.3. The van der Waals surface area contributed by atoms with Crippen LogP contribution in [0.1, 0.15) is 6.92 Å². The minimum absolute atomic E-state index is 0.282. The van der Waals surface area contributed by atoms with Crippen LogP contribution >= 0.6 is 0 Å². The second kappa shape index (κ2) is 4.33. The molecular weight excluding hydrogens is 156 g/mol. The van der Waals surface area contributed by atoms with Crippen LogP contribution < -0.4 is 0 Å². The Hall–Kier alpha value is -0.740. The molecule has 0 aromatic heterocycles. The van der Waals surface area contributed by atoms with E-state index in [9.17, 15) is 9.90 Å². The topological polar surface area (TPSA) is 49.7 Å². The van der Waals surface area contributed by atoms with Crippen molar-refractivity contribution in [2.75, 3.05) is 27.7 Å². The molecule has 4 nitrogen and oxygen atoms in total. The first-order chi connectivity index (χ1) is 5.31. The molecule has 0 rings (SSSR count). The summed E-state index contributed by atoms with van der Waals surface area (Å²) in [5.41, 5.74) is 0. The Kier molecular flexibility index (Phi) is 4.06. The maximum Gasteiger partial charge on any atom is 0.242 e. The van der Waals surface area contributed by atoms with E-state index in [4.69, 9.17) is 0 Å². The van der Waals surface area contributed by atoms with E-state index in [0.717, 1.165) is 0 Å². The summed E-state index contributed by atoms with van der Waals surface area (Å²) in [6, 6.07) is 0. The number of aliphatic hydroxyl groups excluding tert-OH is 1. The second-order valence-electron chi connectivity index (χ2n) is 3.84. The molecule has 0 fully saturated rings. The zero-order valence-corrected chi connectivity index (χ0v) is 8.11. The molecule has 0 aliphatic heterocycles. The number of aliphatic hydroxyl groups is 1. The molecule has 12 heavy (non-hydrogen) atoms. The molecule has 0 aromatic rings. The van der Waals surface area contributed by atoms with E-state index < -0.39 is 6.10 Å². The van der Waals surface area contributed by atoms with Crippen LogP contribution in [0, 0.1) is 0 Å². The van der Waals surface area contributed by atoms with Gasteiger partial charge >= 0.3 is 0 Å². The third kappa shape index (κ3) is 7.37. The van der Waals surface area contributed by atoms with Crippen LogP contribution in [0.5, 0.6) is 0 Å². The molecule has 0 bridgehead atoms. The largest absolute Gasteiger partial charge is 0.382 e. The number of nitrogens with zero attached hydrogens (tertiary/aromatic N) is 2. The highest BCUT2D eigenvalue weighted by molar-refractivity contribution is 5.84. The minimum Gasteiger partial charge on any atom is -0.382 e. The Balaban J connectivity index is 3.90. The molecule has 0 aliphatic carbocycles. The van der Waals surface area contributed by atoms with Gasteiger partial charge in [-0.25, -0.2) is 4.99 Å². The maximum absolute atomic E-state index is 10.4. The van der Waals surface area contributed by atoms with Gasteiger partial charge in [0, 0.05) is 13.1 Å². The van der Waals surface area contributed by atoms with Crippen LogP contribution in [0.3, 0.4) is 0 Å². The highest BCUT2D eigenvalue weighted by Crippen LogP contribution is 1.92. The van der Waals surface area contributed by atoms with Gasteiger partial charge < -0.3 is 9.59 Å². The fourth-order valence-electron chi connectivity index (χ4n) is 0.799. The number of rotatable bonds is 3. The predicted octanol–water partition coefficient (Wildman–Crippen LogP) is -0.329. The zero-order valence-electron chi connectivity index (χ0n) is 8.11. The Morgan fingerprint density at radius 1 is 1.58 bits per heavy atom. The van der Waals surface area contributed by atoms with Crippen molar-refractivity contribution in [2.24, 2.45) is 4.99 Å². The van der Waals surface area contributed by atoms with Gasteiger partial charge in [-0.2, -0.15) is 0 Å². The number of hydrogen-bond donors (Lipinski definition) is 1. The third-order valence-corrected chi connectivity index (χ3v) is 1.16. The van der Waals surface area contributed by atoms with Gasteiger partial charge in [0.2, 0.25) is 5.91 Å². The van der Waals surface area contributed by atoms with Gasteiger partial charge in [-0.15, -0.1) is 0 Å². The van der Waals surface area contributed by atoms with Gasteiger partial charge in [0.1, 0.15) is 12.6 Å². The molecule has 1 unspecified atom stereocenters. The van der Waals surface area contributed by atoms with Gasteiger partial charge in [0.05, 0.1) is 21.1 Å². The third-order valence-electron chi connectivity index (χ3n) is 1.16. The summed E-state index contributed by atoms with van der Waals surface area (Å²) >= 11 is 0. The molecule has 0 spiro atoms. The number of aliphatic imine (C=N–C) groups is 1. The van der Waals surface area contributed by atoms with Crippen molar-refractivity contribution < 1.29 is 14.4 Å². The Labute approximate surface area is 73.1 Å². The van der Waals surface area contributed by atoms with Crippen LogP contribution in [0.15, 0.2) is 4.99 Å². The average Bonchev–Trinajstić information content (AvgIpc) is 1.79. The van der Waals surface area contributed by atoms with E-state index >= 15 is 0 Å². The molecule has 1 N–H and O–H groups in total. The van der Waals surface area contributed by atoms with E-state index in [1.165, 1.54) is 13.1 Å². The standard InChI is InChI=1S/C8H17N2O2/c1-7(11)9-5-8(12)6-10(2,3)4/h5,8,12H,6H2,1-4H3/q+1. The predicted molar refractivity (Wildman–Crippen MR) is 48.1 cm³/mol. The Morgan fingerprint density at radius 3 is 2.42 bits per heavy atom. The summed E-state index contributed by atoms with van der Waals surface area (Å²) < 4.78 is 0.644. The number of hydrogen-bond acceptors (Lipinski definition) is 2. The first-order valence-corrected chi connectivity index (χ1v) is 3.84. The maximum atomic E-state index is 10.4. The van der Waals surface area contributed by atoms with E-state index in [1.807, 2.05) is 21.1 Å². The van der Waals surface area contributed by atoms with Crippen LogP contribution in [0.2, 0.25) is 0 Å². The second-order valence-corrected chi connectivity index (χ2v) is 3.84. The normalized spacial score (nSPS) is 15.1. The summed E-state index contributed by atoms with van der Waals surface area (Å²) in [6.07, 6.45) is 0.639. The summed E-state index contributed by atoms with van der Waals surface area (Å²) in [7, 11) is 5.89. The molecule has 0 saturated carbocycles. The molecule has 0 aliphatic rings. The highest BCUT2D eigenvalue weighted by Gasteiger charge is 2.12. The van der Waals surface area contributed by atoms with E-state index in [1.54, 1.807) is 0 Å². The monoisotopic (exact) mass is 173 g/mol. The highest BCUT2D eigenvalue weighted by atomic mass is 16.3. The molecule has 70 valence electrons. The van der Waals surface area contributed by atoms with Crippen molar-refractivity contribution in [1.82, 2.24) is 0 Å². The molecule has 4 heteroatoms. The molecule has 0 heterocycles. The molecule has 0 radical (unpaired) electrons. The van der Waals surface area contributed by atoms with E-state index in [-0.39, 0.29) is 5.91 Å². The summed E-state index contributed by atoms with van der Waals surface area (Å²) in [4.78, 5) is 13.9. The average molecular weight is 173 g/mol. The van der Waals surface area contributed by atoms with E-state index in [2.05, 4.69) is 4.99 Å². The van der Waals surface area contributed by atoms with Gasteiger partial charge in [0.15, 0.2) is 0 Å². The number of quaternary nitrogens is 1. The summed E-state index contributed by atoms with van der Waals surface area (Å²) in [6.45, 7) is 1.91.